The summed E-state index contributed by atoms with van der Waals surface area (Å²) in [6.45, 7) is 6.82. The lowest BCUT2D eigenvalue weighted by molar-refractivity contribution is -0.139. The van der Waals surface area contributed by atoms with Crippen LogP contribution < -0.4 is 14.4 Å². The van der Waals surface area contributed by atoms with Crippen molar-refractivity contribution >= 4 is 27.5 Å². The molecule has 1 atom stereocenters. The molecule has 2 amide bonds. The number of rotatable bonds is 11. The summed E-state index contributed by atoms with van der Waals surface area (Å²) in [5.74, 6) is -0.231. The zero-order chi connectivity index (χ0) is 27.9. The number of carbonyl (C=O) groups excluding carboxylic acids is 2. The topological polar surface area (TPSA) is 96.0 Å². The van der Waals surface area contributed by atoms with Crippen molar-refractivity contribution in [3.8, 4) is 5.75 Å². The number of sulfonamides is 1. The van der Waals surface area contributed by atoms with E-state index < -0.39 is 28.5 Å². The van der Waals surface area contributed by atoms with Gasteiger partial charge in [0.15, 0.2) is 0 Å². The van der Waals surface area contributed by atoms with Crippen molar-refractivity contribution in [1.29, 1.82) is 0 Å². The van der Waals surface area contributed by atoms with Crippen molar-refractivity contribution in [3.05, 3.63) is 90.0 Å². The normalized spacial score (nSPS) is 12.1. The molecule has 0 aromatic heterocycles. The molecule has 0 aliphatic carbocycles. The molecule has 0 fully saturated rings. The van der Waals surface area contributed by atoms with Crippen LogP contribution >= 0.6 is 0 Å². The monoisotopic (exact) mass is 537 g/mol. The minimum atomic E-state index is -4.08. The molecule has 0 heterocycles. The van der Waals surface area contributed by atoms with Crippen LogP contribution in [0.3, 0.4) is 0 Å². The molecule has 0 saturated heterocycles. The molecular formula is C29H35N3O5S. The number of carbonyl (C=O) groups is 2. The van der Waals surface area contributed by atoms with E-state index in [1.54, 1.807) is 74.7 Å². The number of nitrogens with zero attached hydrogens (tertiary/aromatic N) is 2. The van der Waals surface area contributed by atoms with Crippen molar-refractivity contribution in [2.75, 3.05) is 18.0 Å². The van der Waals surface area contributed by atoms with E-state index in [1.165, 1.54) is 17.0 Å². The third-order valence-electron chi connectivity index (χ3n) is 6.02. The summed E-state index contributed by atoms with van der Waals surface area (Å²) >= 11 is 0. The number of amides is 2. The van der Waals surface area contributed by atoms with E-state index in [9.17, 15) is 18.0 Å². The Labute approximate surface area is 225 Å². The Kier molecular flexibility index (Phi) is 9.52. The van der Waals surface area contributed by atoms with Gasteiger partial charge in [-0.1, -0.05) is 48.0 Å². The first-order chi connectivity index (χ1) is 18.0. The lowest BCUT2D eigenvalue weighted by Gasteiger charge is -2.32. The van der Waals surface area contributed by atoms with Gasteiger partial charge >= 0.3 is 0 Å². The third kappa shape index (κ3) is 7.13. The Bertz CT molecular complexity index is 1340. The number of nitrogens with one attached hydrogen (secondary N) is 1. The molecule has 0 radical (unpaired) electrons. The molecule has 0 aliphatic heterocycles. The minimum absolute atomic E-state index is 0.0679. The average Bonchev–Trinajstić information content (AvgIpc) is 2.90. The zero-order valence-corrected chi connectivity index (χ0v) is 23.2. The third-order valence-corrected chi connectivity index (χ3v) is 7.81. The fourth-order valence-electron chi connectivity index (χ4n) is 3.91. The summed E-state index contributed by atoms with van der Waals surface area (Å²) in [5.41, 5.74) is 2.05. The summed E-state index contributed by atoms with van der Waals surface area (Å²) < 4.78 is 33.9. The molecule has 3 rings (SSSR count). The van der Waals surface area contributed by atoms with Gasteiger partial charge in [-0.2, -0.15) is 0 Å². The highest BCUT2D eigenvalue weighted by molar-refractivity contribution is 7.92. The van der Waals surface area contributed by atoms with Crippen molar-refractivity contribution in [3.63, 3.8) is 0 Å². The van der Waals surface area contributed by atoms with Crippen LogP contribution in [0.25, 0.3) is 0 Å². The van der Waals surface area contributed by atoms with Crippen LogP contribution in [0.1, 0.15) is 31.9 Å². The number of ether oxygens (including phenoxy) is 1. The Morgan fingerprint density at radius 2 is 1.58 bits per heavy atom. The van der Waals surface area contributed by atoms with Crippen LogP contribution in [0, 0.1) is 6.92 Å². The first kappa shape index (κ1) is 28.7. The van der Waals surface area contributed by atoms with Crippen LogP contribution in [0.4, 0.5) is 5.69 Å². The van der Waals surface area contributed by atoms with E-state index in [0.717, 1.165) is 15.4 Å². The van der Waals surface area contributed by atoms with Crippen LogP contribution in [-0.2, 0) is 26.2 Å². The second kappa shape index (κ2) is 12.6. The fourth-order valence-corrected chi connectivity index (χ4v) is 5.35. The summed E-state index contributed by atoms with van der Waals surface area (Å²) in [6, 6.07) is 21.1. The van der Waals surface area contributed by atoms with Gasteiger partial charge in [0.25, 0.3) is 10.0 Å². The first-order valence-electron chi connectivity index (χ1n) is 12.4. The van der Waals surface area contributed by atoms with Gasteiger partial charge in [0, 0.05) is 12.6 Å². The maximum absolute atomic E-state index is 13.9. The molecule has 0 unspecified atom stereocenters. The first-order valence-corrected chi connectivity index (χ1v) is 13.8. The lowest BCUT2D eigenvalue weighted by Crippen LogP contribution is -2.52. The number of aryl methyl sites for hydroxylation is 1. The van der Waals surface area contributed by atoms with E-state index in [4.69, 9.17) is 4.74 Å². The molecule has 0 aliphatic rings. The Hall–Kier alpha value is -3.85. The highest BCUT2D eigenvalue weighted by Gasteiger charge is 2.32. The largest absolute Gasteiger partial charge is 0.497 e. The number of hydrogen-bond acceptors (Lipinski definition) is 5. The molecule has 8 nitrogen and oxygen atoms in total. The fraction of sp³-hybridized carbons (Fsp3) is 0.310. The maximum Gasteiger partial charge on any atom is 0.264 e. The van der Waals surface area contributed by atoms with Gasteiger partial charge in [-0.05, 0) is 69.7 Å². The molecule has 0 saturated carbocycles. The van der Waals surface area contributed by atoms with Gasteiger partial charge in [-0.3, -0.25) is 13.9 Å². The molecule has 38 heavy (non-hydrogen) atoms. The molecule has 9 heteroatoms. The van der Waals surface area contributed by atoms with Gasteiger partial charge < -0.3 is 15.0 Å². The SMILES string of the molecule is COc1cccc(CN(C(=O)CN(c2ccc(C)cc2)S(=O)(=O)c2ccccc2)[C@@H](C)C(=O)NC(C)C)c1. The summed E-state index contributed by atoms with van der Waals surface area (Å²) in [5, 5.41) is 2.84. The van der Waals surface area contributed by atoms with Crippen molar-refractivity contribution in [2.24, 2.45) is 0 Å². The Morgan fingerprint density at radius 3 is 2.18 bits per heavy atom. The standard InChI is InChI=1S/C29H35N3O5S/c1-21(2)30-29(34)23(4)31(19-24-10-9-11-26(18-24)37-5)28(33)20-32(25-16-14-22(3)15-17-25)38(35,36)27-12-7-6-8-13-27/h6-18,21,23H,19-20H2,1-5H3,(H,30,34)/t23-/m0/s1. The molecule has 0 bridgehead atoms. The molecule has 202 valence electrons. The molecule has 0 spiro atoms. The second-order valence-corrected chi connectivity index (χ2v) is 11.2. The smallest absolute Gasteiger partial charge is 0.264 e. The molecule has 3 aromatic rings. The van der Waals surface area contributed by atoms with Crippen molar-refractivity contribution in [2.45, 2.75) is 51.2 Å². The van der Waals surface area contributed by atoms with Crippen LogP contribution in [0.5, 0.6) is 5.75 Å². The van der Waals surface area contributed by atoms with E-state index in [2.05, 4.69) is 5.32 Å². The molecular weight excluding hydrogens is 502 g/mol. The highest BCUT2D eigenvalue weighted by Crippen LogP contribution is 2.25. The predicted molar refractivity (Wildman–Crippen MR) is 148 cm³/mol. The molecule has 1 N–H and O–H groups in total. The second-order valence-electron chi connectivity index (χ2n) is 9.37. The van der Waals surface area contributed by atoms with E-state index in [0.29, 0.717) is 11.4 Å². The zero-order valence-electron chi connectivity index (χ0n) is 22.4. The van der Waals surface area contributed by atoms with Crippen LogP contribution in [-0.4, -0.2) is 50.9 Å². The van der Waals surface area contributed by atoms with Gasteiger partial charge in [0.05, 0.1) is 17.7 Å². The number of hydrogen-bond donors (Lipinski definition) is 1. The van der Waals surface area contributed by atoms with Crippen LogP contribution in [0.2, 0.25) is 0 Å². The highest BCUT2D eigenvalue weighted by atomic mass is 32.2. The van der Waals surface area contributed by atoms with E-state index in [-0.39, 0.29) is 23.4 Å². The summed E-state index contributed by atoms with van der Waals surface area (Å²) in [4.78, 5) is 28.3. The van der Waals surface area contributed by atoms with Crippen molar-refractivity contribution in [1.82, 2.24) is 10.2 Å². The Balaban J connectivity index is 2.02. The van der Waals surface area contributed by atoms with Crippen molar-refractivity contribution < 1.29 is 22.7 Å². The van der Waals surface area contributed by atoms with E-state index in [1.807, 2.05) is 26.8 Å². The van der Waals surface area contributed by atoms with Gasteiger partial charge in [0.2, 0.25) is 11.8 Å². The maximum atomic E-state index is 13.9. The van der Waals surface area contributed by atoms with E-state index >= 15 is 0 Å². The quantitative estimate of drug-likeness (QED) is 0.397. The summed E-state index contributed by atoms with van der Waals surface area (Å²) in [6.07, 6.45) is 0. The molecule has 3 aromatic carbocycles. The van der Waals surface area contributed by atoms with Gasteiger partial charge in [0.1, 0.15) is 18.3 Å². The minimum Gasteiger partial charge on any atom is -0.497 e. The number of methoxy groups -OCH3 is 1. The lowest BCUT2D eigenvalue weighted by atomic mass is 10.1. The average molecular weight is 538 g/mol. The van der Waals surface area contributed by atoms with Gasteiger partial charge in [-0.15, -0.1) is 0 Å². The Morgan fingerprint density at radius 1 is 0.921 bits per heavy atom. The predicted octanol–water partition coefficient (Wildman–Crippen LogP) is 4.14. The van der Waals surface area contributed by atoms with Gasteiger partial charge in [-0.25, -0.2) is 8.42 Å². The number of anilines is 1. The summed E-state index contributed by atoms with van der Waals surface area (Å²) in [7, 11) is -2.53. The van der Waals surface area contributed by atoms with Crippen LogP contribution in [0.15, 0.2) is 83.8 Å². The number of benzene rings is 3.